The topological polar surface area (TPSA) is 161 Å². The van der Waals surface area contributed by atoms with E-state index in [0.717, 1.165) is 11.8 Å². The molecular formula is C20H36O13S. The third-order valence-corrected chi connectivity index (χ3v) is 5.84. The predicted octanol–water partition coefficient (Wildman–Crippen LogP) is -0.909. The minimum absolute atomic E-state index is 0.0402. The normalized spacial score (nSPS) is 38.6. The van der Waals surface area contributed by atoms with Crippen LogP contribution in [0.1, 0.15) is 6.92 Å². The summed E-state index contributed by atoms with van der Waals surface area (Å²) in [5.74, 6) is 0. The molecule has 2 fully saturated rings. The number of carbonyl (C=O) groups excluding carboxylic acids is 1. The van der Waals surface area contributed by atoms with Crippen LogP contribution in [-0.4, -0.2) is 136 Å². The maximum absolute atomic E-state index is 11.8. The first-order valence-electron chi connectivity index (χ1n) is 10.8. The summed E-state index contributed by atoms with van der Waals surface area (Å²) >= 11 is 0.785. The number of methoxy groups -OCH3 is 3. The van der Waals surface area contributed by atoms with Crippen LogP contribution < -0.4 is 0 Å². The molecule has 0 aliphatic carbocycles. The highest BCUT2D eigenvalue weighted by Crippen LogP contribution is 2.29. The van der Waals surface area contributed by atoms with Crippen LogP contribution in [0.2, 0.25) is 0 Å². The molecule has 0 amide bonds. The van der Waals surface area contributed by atoms with E-state index in [0.29, 0.717) is 6.61 Å². The number of aliphatic hydroxyl groups is 3. The van der Waals surface area contributed by atoms with Gasteiger partial charge in [-0.05, 0) is 24.9 Å². The largest absolute Gasteiger partial charge is 0.446 e. The second-order valence-corrected chi connectivity index (χ2v) is 8.32. The van der Waals surface area contributed by atoms with Crippen molar-refractivity contribution in [2.45, 2.75) is 68.3 Å². The van der Waals surface area contributed by atoms with Gasteiger partial charge < -0.3 is 58.0 Å². The number of aliphatic hydroxyl groups excluding tert-OH is 3. The Kier molecular flexibility index (Phi) is 12.9. The second-order valence-electron chi connectivity index (χ2n) is 7.58. The minimum Gasteiger partial charge on any atom is -0.446 e. The molecule has 0 bridgehead atoms. The lowest BCUT2D eigenvalue weighted by molar-refractivity contribution is -0.343. The lowest BCUT2D eigenvalue weighted by Gasteiger charge is -2.44. The fraction of sp³-hybridized carbons (Fsp3) is 0.950. The summed E-state index contributed by atoms with van der Waals surface area (Å²) in [5, 5.41) is 30.9. The van der Waals surface area contributed by atoms with Gasteiger partial charge in [0.2, 0.25) is 6.29 Å². The molecule has 0 spiro atoms. The van der Waals surface area contributed by atoms with E-state index in [9.17, 15) is 20.1 Å². The fourth-order valence-corrected chi connectivity index (χ4v) is 3.96. The summed E-state index contributed by atoms with van der Waals surface area (Å²) in [4.78, 5) is 11.8. The Morgan fingerprint density at radius 1 is 0.824 bits per heavy atom. The zero-order chi connectivity index (χ0) is 25.3. The average Bonchev–Trinajstić information content (AvgIpc) is 2.83. The Labute approximate surface area is 202 Å². The van der Waals surface area contributed by atoms with Gasteiger partial charge in [-0.25, -0.2) is 4.79 Å². The van der Waals surface area contributed by atoms with Gasteiger partial charge in [-0.1, -0.05) is 0 Å². The molecular weight excluding hydrogens is 480 g/mol. The number of hydrogen-bond donors (Lipinski definition) is 3. The average molecular weight is 517 g/mol. The number of hydrogen-bond acceptors (Lipinski definition) is 14. The van der Waals surface area contributed by atoms with Crippen molar-refractivity contribution in [1.82, 2.24) is 0 Å². The highest BCUT2D eigenvalue weighted by Gasteiger charge is 2.49. The molecule has 200 valence electrons. The molecule has 10 atom stereocenters. The molecule has 3 N–H and O–H groups in total. The van der Waals surface area contributed by atoms with Crippen molar-refractivity contribution in [2.75, 3.05) is 54.2 Å². The predicted molar refractivity (Wildman–Crippen MR) is 116 cm³/mol. The Morgan fingerprint density at radius 3 is 2.00 bits per heavy atom. The number of carbonyl (C=O) groups is 1. The highest BCUT2D eigenvalue weighted by molar-refractivity contribution is 8.12. The Morgan fingerprint density at radius 2 is 1.44 bits per heavy atom. The SMILES string of the molecule is CCOC1C(OC)OC(COC)C(O)C1OCOC1OC(COC)C(O)C(O)C1OC(=O)SC. The summed E-state index contributed by atoms with van der Waals surface area (Å²) in [6.07, 6.45) is -9.37. The molecule has 10 unspecified atom stereocenters. The van der Waals surface area contributed by atoms with Gasteiger partial charge in [-0.2, -0.15) is 0 Å². The molecule has 2 aliphatic rings. The number of rotatable bonds is 12. The van der Waals surface area contributed by atoms with Crippen LogP contribution >= 0.6 is 11.8 Å². The Balaban J connectivity index is 2.12. The molecule has 2 saturated heterocycles. The van der Waals surface area contributed by atoms with Crippen LogP contribution in [0.4, 0.5) is 4.79 Å². The van der Waals surface area contributed by atoms with Crippen molar-refractivity contribution in [3.63, 3.8) is 0 Å². The number of ether oxygens (including phenoxy) is 9. The molecule has 0 saturated carbocycles. The van der Waals surface area contributed by atoms with Crippen LogP contribution in [-0.2, 0) is 42.6 Å². The van der Waals surface area contributed by atoms with E-state index in [4.69, 9.17) is 42.6 Å². The summed E-state index contributed by atoms with van der Waals surface area (Å²) < 4.78 is 49.2. The van der Waals surface area contributed by atoms with Gasteiger partial charge in [-0.3, -0.25) is 0 Å². The zero-order valence-electron chi connectivity index (χ0n) is 19.9. The van der Waals surface area contributed by atoms with Gasteiger partial charge >= 0.3 is 5.30 Å². The highest BCUT2D eigenvalue weighted by atomic mass is 32.2. The van der Waals surface area contributed by atoms with Crippen molar-refractivity contribution in [2.24, 2.45) is 0 Å². The smallest absolute Gasteiger partial charge is 0.367 e. The molecule has 0 aromatic rings. The summed E-state index contributed by atoms with van der Waals surface area (Å²) in [6.45, 7) is 1.68. The van der Waals surface area contributed by atoms with E-state index in [2.05, 4.69) is 0 Å². The van der Waals surface area contributed by atoms with E-state index in [1.54, 1.807) is 6.92 Å². The van der Waals surface area contributed by atoms with E-state index >= 15 is 0 Å². The molecule has 0 aromatic heterocycles. The Bertz CT molecular complexity index is 599. The maximum Gasteiger partial charge on any atom is 0.367 e. The standard InChI is InChI=1S/C20H36O13S/c1-6-28-17-15(13(22)11(8-26-3)31-18(17)27-4)29-9-30-19-16(33-20(24)34-5)14(23)12(21)10(32-19)7-25-2/h10-19,21-23H,6-9H2,1-5H3. The monoisotopic (exact) mass is 516 g/mol. The first-order chi connectivity index (χ1) is 16.3. The van der Waals surface area contributed by atoms with Gasteiger partial charge in [0.25, 0.3) is 0 Å². The second kappa shape index (κ2) is 14.8. The van der Waals surface area contributed by atoms with E-state index in [1.807, 2.05) is 0 Å². The van der Waals surface area contributed by atoms with Crippen LogP contribution in [0.3, 0.4) is 0 Å². The molecule has 34 heavy (non-hydrogen) atoms. The van der Waals surface area contributed by atoms with E-state index < -0.39 is 73.5 Å². The van der Waals surface area contributed by atoms with Crippen LogP contribution in [0.25, 0.3) is 0 Å². The fourth-order valence-electron chi connectivity index (χ4n) is 3.75. The van der Waals surface area contributed by atoms with Crippen molar-refractivity contribution in [3.05, 3.63) is 0 Å². The van der Waals surface area contributed by atoms with Crippen molar-refractivity contribution in [1.29, 1.82) is 0 Å². The van der Waals surface area contributed by atoms with E-state index in [-0.39, 0.29) is 13.2 Å². The van der Waals surface area contributed by atoms with Crippen LogP contribution in [0.5, 0.6) is 0 Å². The quantitative estimate of drug-likeness (QED) is 0.216. The summed E-state index contributed by atoms with van der Waals surface area (Å²) in [6, 6.07) is 0. The Hall–Kier alpha value is -0.620. The van der Waals surface area contributed by atoms with E-state index in [1.165, 1.54) is 27.6 Å². The molecule has 2 aliphatic heterocycles. The molecule has 13 nitrogen and oxygen atoms in total. The van der Waals surface area contributed by atoms with Gasteiger partial charge in [0.05, 0.1) is 13.2 Å². The lowest BCUT2D eigenvalue weighted by atomic mass is 9.98. The van der Waals surface area contributed by atoms with Crippen LogP contribution in [0, 0.1) is 0 Å². The minimum atomic E-state index is -1.50. The lowest BCUT2D eigenvalue weighted by Crippen LogP contribution is -2.62. The molecule has 0 radical (unpaired) electrons. The maximum atomic E-state index is 11.8. The first kappa shape index (κ1) is 29.6. The molecule has 0 aromatic carbocycles. The van der Waals surface area contributed by atoms with Crippen molar-refractivity contribution >= 4 is 17.1 Å². The number of thioether (sulfide) groups is 1. The van der Waals surface area contributed by atoms with Gasteiger partial charge in [0.15, 0.2) is 19.2 Å². The molecule has 2 rings (SSSR count). The van der Waals surface area contributed by atoms with Crippen molar-refractivity contribution < 1.29 is 62.7 Å². The molecule has 2 heterocycles. The van der Waals surface area contributed by atoms with Gasteiger partial charge in [0, 0.05) is 27.9 Å². The van der Waals surface area contributed by atoms with Gasteiger partial charge in [0.1, 0.15) is 42.7 Å². The summed E-state index contributed by atoms with van der Waals surface area (Å²) in [7, 11) is 4.32. The van der Waals surface area contributed by atoms with Crippen LogP contribution in [0.15, 0.2) is 0 Å². The zero-order valence-corrected chi connectivity index (χ0v) is 20.8. The van der Waals surface area contributed by atoms with Gasteiger partial charge in [-0.15, -0.1) is 0 Å². The third-order valence-electron chi connectivity index (χ3n) is 5.41. The molecule has 14 heteroatoms. The first-order valence-corrected chi connectivity index (χ1v) is 12.0. The van der Waals surface area contributed by atoms with Crippen molar-refractivity contribution in [3.8, 4) is 0 Å². The third kappa shape index (κ3) is 7.44. The summed E-state index contributed by atoms with van der Waals surface area (Å²) in [5.41, 5.74) is 0.